The van der Waals surface area contributed by atoms with E-state index < -0.39 is 0 Å². The van der Waals surface area contributed by atoms with E-state index in [1.807, 2.05) is 6.07 Å². The Morgan fingerprint density at radius 2 is 2.21 bits per heavy atom. The van der Waals surface area contributed by atoms with Gasteiger partial charge in [0.05, 0.1) is 42.4 Å². The van der Waals surface area contributed by atoms with E-state index in [9.17, 15) is 4.79 Å². The van der Waals surface area contributed by atoms with Crippen molar-refractivity contribution in [3.8, 4) is 11.8 Å². The van der Waals surface area contributed by atoms with E-state index in [1.165, 1.54) is 19.5 Å². The molecule has 0 unspecified atom stereocenters. The van der Waals surface area contributed by atoms with Crippen molar-refractivity contribution in [1.82, 2.24) is 10.2 Å². The number of carbonyl (C=O) groups is 1. The minimum atomic E-state index is -0.344. The van der Waals surface area contributed by atoms with Crippen molar-refractivity contribution in [3.05, 3.63) is 47.8 Å². The van der Waals surface area contributed by atoms with Gasteiger partial charge in [-0.3, -0.25) is 4.79 Å². The molecule has 2 aromatic rings. The average Bonchev–Trinajstić information content (AvgIpc) is 2.48. The number of benzene rings is 1. The van der Waals surface area contributed by atoms with Crippen LogP contribution in [0.5, 0.6) is 5.75 Å². The highest BCUT2D eigenvalue weighted by Crippen LogP contribution is 2.25. The first kappa shape index (κ1) is 12.5. The maximum Gasteiger partial charge on any atom is 0.257 e. The molecule has 0 aliphatic rings. The highest BCUT2D eigenvalue weighted by Gasteiger charge is 2.10. The molecule has 0 fully saturated rings. The second-order valence-electron chi connectivity index (χ2n) is 3.61. The zero-order valence-corrected chi connectivity index (χ0v) is 10.1. The maximum atomic E-state index is 12.0. The van der Waals surface area contributed by atoms with Gasteiger partial charge < -0.3 is 10.1 Å². The van der Waals surface area contributed by atoms with Crippen LogP contribution < -0.4 is 10.1 Å². The van der Waals surface area contributed by atoms with Crippen molar-refractivity contribution in [3.63, 3.8) is 0 Å². The Morgan fingerprint density at radius 1 is 1.37 bits per heavy atom. The lowest BCUT2D eigenvalue weighted by Crippen LogP contribution is -2.13. The summed E-state index contributed by atoms with van der Waals surface area (Å²) < 4.78 is 5.13. The van der Waals surface area contributed by atoms with Gasteiger partial charge in [0.15, 0.2) is 0 Å². The molecule has 1 heterocycles. The molecule has 19 heavy (non-hydrogen) atoms. The number of hydrogen-bond donors (Lipinski definition) is 1. The summed E-state index contributed by atoms with van der Waals surface area (Å²) in [5.41, 5.74) is 1.24. The fourth-order valence-corrected chi connectivity index (χ4v) is 1.49. The Balaban J connectivity index is 2.28. The van der Waals surface area contributed by atoms with Gasteiger partial charge in [-0.1, -0.05) is 0 Å². The summed E-state index contributed by atoms with van der Waals surface area (Å²) in [5.74, 6) is 0.137. The Kier molecular flexibility index (Phi) is 3.69. The van der Waals surface area contributed by atoms with Gasteiger partial charge in [0.25, 0.3) is 5.91 Å². The van der Waals surface area contributed by atoms with Gasteiger partial charge in [0.2, 0.25) is 0 Å². The van der Waals surface area contributed by atoms with Gasteiger partial charge in [0, 0.05) is 0 Å². The predicted molar refractivity (Wildman–Crippen MR) is 67.7 cm³/mol. The van der Waals surface area contributed by atoms with E-state index in [1.54, 1.807) is 24.3 Å². The molecule has 0 saturated heterocycles. The summed E-state index contributed by atoms with van der Waals surface area (Å²) in [6.07, 6.45) is 2.79. The zero-order valence-electron chi connectivity index (χ0n) is 10.1. The number of carbonyl (C=O) groups excluding carboxylic acids is 1. The second kappa shape index (κ2) is 5.60. The topological polar surface area (TPSA) is 87.9 Å². The number of nitrogens with one attached hydrogen (secondary N) is 1. The Morgan fingerprint density at radius 3 is 2.84 bits per heavy atom. The summed E-state index contributed by atoms with van der Waals surface area (Å²) in [4.78, 5) is 12.0. The number of amides is 1. The van der Waals surface area contributed by atoms with Crippen molar-refractivity contribution in [1.29, 1.82) is 5.26 Å². The number of methoxy groups -OCH3 is 1. The minimum absolute atomic E-state index is 0.344. The summed E-state index contributed by atoms with van der Waals surface area (Å²) in [5, 5.41) is 18.8. The fourth-order valence-electron chi connectivity index (χ4n) is 1.49. The predicted octanol–water partition coefficient (Wildman–Crippen LogP) is 1.61. The van der Waals surface area contributed by atoms with Crippen molar-refractivity contribution < 1.29 is 9.53 Å². The van der Waals surface area contributed by atoms with Crippen LogP contribution in [0.25, 0.3) is 0 Å². The molecule has 0 atom stereocenters. The van der Waals surface area contributed by atoms with Crippen LogP contribution in [-0.2, 0) is 0 Å². The number of rotatable bonds is 3. The van der Waals surface area contributed by atoms with Crippen LogP contribution in [0.2, 0.25) is 0 Å². The van der Waals surface area contributed by atoms with Crippen molar-refractivity contribution in [2.45, 2.75) is 0 Å². The van der Waals surface area contributed by atoms with E-state index in [0.717, 1.165) is 0 Å². The fraction of sp³-hybridized carbons (Fsp3) is 0.0769. The van der Waals surface area contributed by atoms with Crippen LogP contribution in [0.1, 0.15) is 15.9 Å². The highest BCUT2D eigenvalue weighted by molar-refractivity contribution is 6.04. The van der Waals surface area contributed by atoms with Crippen LogP contribution in [0.4, 0.5) is 5.69 Å². The van der Waals surface area contributed by atoms with Gasteiger partial charge in [-0.25, -0.2) is 0 Å². The van der Waals surface area contributed by atoms with E-state index in [2.05, 4.69) is 15.5 Å². The van der Waals surface area contributed by atoms with Gasteiger partial charge in [0.1, 0.15) is 5.75 Å². The van der Waals surface area contributed by atoms with Gasteiger partial charge >= 0.3 is 0 Å². The number of ether oxygens (including phenoxy) is 1. The molecule has 6 heteroatoms. The first-order chi connectivity index (χ1) is 9.24. The molecule has 94 valence electrons. The number of nitrogens with zero attached hydrogens (tertiary/aromatic N) is 3. The van der Waals surface area contributed by atoms with E-state index in [4.69, 9.17) is 10.00 Å². The second-order valence-corrected chi connectivity index (χ2v) is 3.61. The Bertz CT molecular complexity index is 635. The molecule has 0 aliphatic carbocycles. The molecule has 1 amide bonds. The molecule has 1 N–H and O–H groups in total. The lowest BCUT2D eigenvalue weighted by Gasteiger charge is -2.10. The molecule has 0 aliphatic heterocycles. The van der Waals surface area contributed by atoms with Crippen LogP contribution in [0.15, 0.2) is 36.7 Å². The van der Waals surface area contributed by atoms with E-state index >= 15 is 0 Å². The molecule has 0 spiro atoms. The van der Waals surface area contributed by atoms with Gasteiger partial charge in [-0.15, -0.1) is 0 Å². The smallest absolute Gasteiger partial charge is 0.257 e. The van der Waals surface area contributed by atoms with E-state index in [-0.39, 0.29) is 5.91 Å². The number of aromatic nitrogens is 2. The van der Waals surface area contributed by atoms with Crippen LogP contribution >= 0.6 is 0 Å². The monoisotopic (exact) mass is 254 g/mol. The minimum Gasteiger partial charge on any atom is -0.495 e. The standard InChI is InChI=1S/C13H10N4O2/c1-19-12-3-2-9(7-14)6-11(12)17-13(18)10-4-5-15-16-8-10/h2-6,8H,1H3,(H,17,18). The third kappa shape index (κ3) is 2.84. The van der Waals surface area contributed by atoms with Crippen LogP contribution in [0, 0.1) is 11.3 Å². The zero-order chi connectivity index (χ0) is 13.7. The lowest BCUT2D eigenvalue weighted by molar-refractivity contribution is 0.102. The summed E-state index contributed by atoms with van der Waals surface area (Å²) in [7, 11) is 1.49. The molecule has 0 saturated carbocycles. The molecule has 0 radical (unpaired) electrons. The largest absolute Gasteiger partial charge is 0.495 e. The van der Waals surface area contributed by atoms with Crippen LogP contribution in [0.3, 0.4) is 0 Å². The number of hydrogen-bond acceptors (Lipinski definition) is 5. The first-order valence-electron chi connectivity index (χ1n) is 5.41. The summed E-state index contributed by atoms with van der Waals surface area (Å²) in [6, 6.07) is 8.33. The van der Waals surface area contributed by atoms with Gasteiger partial charge in [-0.05, 0) is 24.3 Å². The third-order valence-corrected chi connectivity index (χ3v) is 2.42. The van der Waals surface area contributed by atoms with Crippen LogP contribution in [-0.4, -0.2) is 23.2 Å². The third-order valence-electron chi connectivity index (χ3n) is 2.42. The maximum absolute atomic E-state index is 12.0. The SMILES string of the molecule is COc1ccc(C#N)cc1NC(=O)c1ccnnc1. The van der Waals surface area contributed by atoms with Crippen molar-refractivity contribution in [2.24, 2.45) is 0 Å². The molecular weight excluding hydrogens is 244 g/mol. The first-order valence-corrected chi connectivity index (χ1v) is 5.41. The summed E-state index contributed by atoms with van der Waals surface area (Å²) >= 11 is 0. The molecular formula is C13H10N4O2. The quantitative estimate of drug-likeness (QED) is 0.898. The van der Waals surface area contributed by atoms with E-state index in [0.29, 0.717) is 22.6 Å². The lowest BCUT2D eigenvalue weighted by atomic mass is 10.2. The van der Waals surface area contributed by atoms with Gasteiger partial charge in [-0.2, -0.15) is 15.5 Å². The molecule has 1 aromatic carbocycles. The Labute approximate surface area is 109 Å². The molecule has 0 bridgehead atoms. The van der Waals surface area contributed by atoms with Crippen molar-refractivity contribution >= 4 is 11.6 Å². The molecule has 1 aromatic heterocycles. The van der Waals surface area contributed by atoms with Crippen molar-refractivity contribution in [2.75, 3.05) is 12.4 Å². The average molecular weight is 254 g/mol. The molecule has 2 rings (SSSR count). The normalized spacial score (nSPS) is 9.47. The molecule has 6 nitrogen and oxygen atoms in total. The number of nitriles is 1. The summed E-state index contributed by atoms with van der Waals surface area (Å²) in [6.45, 7) is 0. The number of anilines is 1. The Hall–Kier alpha value is -2.94. The highest BCUT2D eigenvalue weighted by atomic mass is 16.5.